The SMILES string of the molecule is O=C(CNC(=O)c1cc2cccc(F)c2[nH]1)N[C@@H](C[C@@H]1CCCNC1=O)C(=O)CO. The number of H-pyrrole nitrogens is 1. The number of hydrogen-bond donors (Lipinski definition) is 5. The molecule has 1 aliphatic heterocycles. The zero-order valence-corrected chi connectivity index (χ0v) is 16.2. The number of Topliss-reactive ketones (excluding diaryl/α,β-unsaturated/α-hetero) is 1. The summed E-state index contributed by atoms with van der Waals surface area (Å²) in [6, 6.07) is 4.86. The molecule has 0 radical (unpaired) electrons. The summed E-state index contributed by atoms with van der Waals surface area (Å²) >= 11 is 0. The molecule has 3 amide bonds. The zero-order chi connectivity index (χ0) is 21.7. The van der Waals surface area contributed by atoms with E-state index in [0.717, 1.165) is 6.42 Å². The second kappa shape index (κ2) is 9.49. The predicted octanol–water partition coefficient (Wildman–Crippen LogP) is -0.000700. The topological polar surface area (TPSA) is 140 Å². The number of aliphatic hydroxyl groups is 1. The van der Waals surface area contributed by atoms with Crippen molar-refractivity contribution in [3.63, 3.8) is 0 Å². The molecule has 2 aromatic rings. The summed E-state index contributed by atoms with van der Waals surface area (Å²) in [4.78, 5) is 51.1. The number of rotatable bonds is 8. The van der Waals surface area contributed by atoms with Crippen LogP contribution >= 0.6 is 0 Å². The number of aromatic nitrogens is 1. The number of benzene rings is 1. The van der Waals surface area contributed by atoms with Crippen molar-refractivity contribution in [1.29, 1.82) is 0 Å². The van der Waals surface area contributed by atoms with Crippen LogP contribution < -0.4 is 16.0 Å². The number of piperidine rings is 1. The first-order valence-corrected chi connectivity index (χ1v) is 9.65. The highest BCUT2D eigenvalue weighted by molar-refractivity contribution is 6.00. The Bertz CT molecular complexity index is 973. The fourth-order valence-corrected chi connectivity index (χ4v) is 3.47. The van der Waals surface area contributed by atoms with E-state index < -0.39 is 48.5 Å². The lowest BCUT2D eigenvalue weighted by molar-refractivity contribution is -0.131. The van der Waals surface area contributed by atoms with E-state index in [4.69, 9.17) is 5.11 Å². The van der Waals surface area contributed by atoms with Gasteiger partial charge in [0.15, 0.2) is 5.78 Å². The Morgan fingerprint density at radius 3 is 2.80 bits per heavy atom. The van der Waals surface area contributed by atoms with Crippen molar-refractivity contribution in [3.05, 3.63) is 35.8 Å². The first kappa shape index (κ1) is 21.4. The number of carbonyl (C=O) groups is 4. The number of para-hydroxylation sites is 1. The van der Waals surface area contributed by atoms with E-state index in [-0.39, 0.29) is 23.5 Å². The monoisotopic (exact) mass is 418 g/mol. The molecule has 10 heteroatoms. The average molecular weight is 418 g/mol. The summed E-state index contributed by atoms with van der Waals surface area (Å²) in [5.74, 6) is -2.99. The molecular formula is C20H23FN4O5. The molecule has 1 saturated heterocycles. The molecular weight excluding hydrogens is 395 g/mol. The normalized spacial score (nSPS) is 17.3. The van der Waals surface area contributed by atoms with Crippen LogP contribution in [0, 0.1) is 11.7 Å². The Hall–Kier alpha value is -3.27. The van der Waals surface area contributed by atoms with Crippen LogP contribution in [0.5, 0.6) is 0 Å². The van der Waals surface area contributed by atoms with E-state index in [9.17, 15) is 23.6 Å². The van der Waals surface area contributed by atoms with Gasteiger partial charge in [0, 0.05) is 17.8 Å². The molecule has 9 nitrogen and oxygen atoms in total. The minimum atomic E-state index is -1.03. The molecule has 1 aromatic heterocycles. The Kier molecular flexibility index (Phi) is 6.78. The summed E-state index contributed by atoms with van der Waals surface area (Å²) in [6.07, 6.45) is 1.43. The van der Waals surface area contributed by atoms with Gasteiger partial charge in [-0.3, -0.25) is 19.2 Å². The van der Waals surface area contributed by atoms with Gasteiger partial charge in [0.2, 0.25) is 11.8 Å². The van der Waals surface area contributed by atoms with Gasteiger partial charge >= 0.3 is 0 Å². The van der Waals surface area contributed by atoms with Gasteiger partial charge in [-0.25, -0.2) is 4.39 Å². The lowest BCUT2D eigenvalue weighted by atomic mass is 9.90. The predicted molar refractivity (Wildman–Crippen MR) is 105 cm³/mol. The Morgan fingerprint density at radius 1 is 1.30 bits per heavy atom. The molecule has 1 aromatic carbocycles. The number of aromatic amines is 1. The lowest BCUT2D eigenvalue weighted by Crippen LogP contribution is -2.49. The molecule has 0 saturated carbocycles. The summed E-state index contributed by atoms with van der Waals surface area (Å²) in [6.45, 7) is -0.626. The maximum Gasteiger partial charge on any atom is 0.268 e. The van der Waals surface area contributed by atoms with E-state index >= 15 is 0 Å². The molecule has 30 heavy (non-hydrogen) atoms. The highest BCUT2D eigenvalue weighted by Crippen LogP contribution is 2.19. The van der Waals surface area contributed by atoms with Crippen molar-refractivity contribution in [2.45, 2.75) is 25.3 Å². The molecule has 2 heterocycles. The highest BCUT2D eigenvalue weighted by atomic mass is 19.1. The van der Waals surface area contributed by atoms with E-state index in [1.165, 1.54) is 18.2 Å². The fourth-order valence-electron chi connectivity index (χ4n) is 3.47. The summed E-state index contributed by atoms with van der Waals surface area (Å²) < 4.78 is 13.7. The molecule has 0 bridgehead atoms. The maximum absolute atomic E-state index is 13.7. The molecule has 1 aliphatic rings. The van der Waals surface area contributed by atoms with Crippen LogP contribution in [0.25, 0.3) is 10.9 Å². The van der Waals surface area contributed by atoms with Gasteiger partial charge < -0.3 is 26.0 Å². The number of ketones is 1. The second-order valence-corrected chi connectivity index (χ2v) is 7.18. The van der Waals surface area contributed by atoms with Crippen LogP contribution in [0.4, 0.5) is 4.39 Å². The number of nitrogens with one attached hydrogen (secondary N) is 4. The second-order valence-electron chi connectivity index (χ2n) is 7.18. The smallest absolute Gasteiger partial charge is 0.268 e. The van der Waals surface area contributed by atoms with Gasteiger partial charge in [-0.15, -0.1) is 0 Å². The van der Waals surface area contributed by atoms with E-state index in [1.807, 2.05) is 0 Å². The minimum absolute atomic E-state index is 0.0756. The lowest BCUT2D eigenvalue weighted by Gasteiger charge is -2.26. The third-order valence-electron chi connectivity index (χ3n) is 5.06. The zero-order valence-electron chi connectivity index (χ0n) is 16.2. The number of halogens is 1. The number of hydrogen-bond acceptors (Lipinski definition) is 5. The summed E-state index contributed by atoms with van der Waals surface area (Å²) in [7, 11) is 0. The van der Waals surface area contributed by atoms with Crippen molar-refractivity contribution in [2.75, 3.05) is 19.7 Å². The van der Waals surface area contributed by atoms with E-state index in [1.54, 1.807) is 6.07 Å². The van der Waals surface area contributed by atoms with Crippen LogP contribution in [-0.4, -0.2) is 59.3 Å². The highest BCUT2D eigenvalue weighted by Gasteiger charge is 2.29. The Morgan fingerprint density at radius 2 is 2.10 bits per heavy atom. The number of carbonyl (C=O) groups excluding carboxylic acids is 4. The summed E-state index contributed by atoms with van der Waals surface area (Å²) in [5, 5.41) is 17.3. The Balaban J connectivity index is 1.57. The molecule has 2 atom stereocenters. The molecule has 1 fully saturated rings. The standard InChI is InChI=1S/C20H23FN4O5/c21-13-5-1-3-11-7-15(25-18(11)13)20(30)23-9-17(28)24-14(16(27)10-26)8-12-4-2-6-22-19(12)29/h1,3,5,7,12,14,25-26H,2,4,6,8-10H2,(H,22,29)(H,23,30)(H,24,28)/t12-,14-/m0/s1. The summed E-state index contributed by atoms with van der Waals surface area (Å²) in [5.41, 5.74) is 0.274. The molecule has 3 rings (SSSR count). The fraction of sp³-hybridized carbons (Fsp3) is 0.400. The van der Waals surface area contributed by atoms with Crippen molar-refractivity contribution in [2.24, 2.45) is 5.92 Å². The van der Waals surface area contributed by atoms with Crippen molar-refractivity contribution in [1.82, 2.24) is 20.9 Å². The third-order valence-corrected chi connectivity index (χ3v) is 5.06. The quantitative estimate of drug-likeness (QED) is 0.410. The van der Waals surface area contributed by atoms with Gasteiger partial charge in [-0.1, -0.05) is 12.1 Å². The third kappa shape index (κ3) is 5.01. The van der Waals surface area contributed by atoms with Crippen LogP contribution in [0.1, 0.15) is 29.8 Å². The van der Waals surface area contributed by atoms with Gasteiger partial charge in [-0.2, -0.15) is 0 Å². The first-order chi connectivity index (χ1) is 14.4. The van der Waals surface area contributed by atoms with E-state index in [2.05, 4.69) is 20.9 Å². The van der Waals surface area contributed by atoms with E-state index in [0.29, 0.717) is 18.4 Å². The first-order valence-electron chi connectivity index (χ1n) is 9.65. The van der Waals surface area contributed by atoms with Crippen LogP contribution in [0.15, 0.2) is 24.3 Å². The van der Waals surface area contributed by atoms with Crippen LogP contribution in [0.2, 0.25) is 0 Å². The number of amides is 3. The molecule has 160 valence electrons. The number of fused-ring (bicyclic) bond motifs is 1. The average Bonchev–Trinajstić information content (AvgIpc) is 3.18. The Labute approximate surface area is 171 Å². The minimum Gasteiger partial charge on any atom is -0.389 e. The van der Waals surface area contributed by atoms with Crippen molar-refractivity contribution < 1.29 is 28.7 Å². The van der Waals surface area contributed by atoms with Gasteiger partial charge in [0.25, 0.3) is 5.91 Å². The maximum atomic E-state index is 13.7. The van der Waals surface area contributed by atoms with Crippen molar-refractivity contribution >= 4 is 34.4 Å². The van der Waals surface area contributed by atoms with Crippen LogP contribution in [-0.2, 0) is 14.4 Å². The van der Waals surface area contributed by atoms with Crippen molar-refractivity contribution in [3.8, 4) is 0 Å². The molecule has 5 N–H and O–H groups in total. The molecule has 0 spiro atoms. The molecule has 0 aliphatic carbocycles. The molecule has 0 unspecified atom stereocenters. The van der Waals surface area contributed by atoms with Crippen LogP contribution in [0.3, 0.4) is 0 Å². The number of aliphatic hydroxyl groups excluding tert-OH is 1. The largest absolute Gasteiger partial charge is 0.389 e. The van der Waals surface area contributed by atoms with Gasteiger partial charge in [0.1, 0.15) is 18.1 Å². The van der Waals surface area contributed by atoms with Gasteiger partial charge in [-0.05, 0) is 31.4 Å². The van der Waals surface area contributed by atoms with Gasteiger partial charge in [0.05, 0.1) is 18.1 Å².